The third kappa shape index (κ3) is 4.08. The van der Waals surface area contributed by atoms with E-state index in [-0.39, 0.29) is 11.9 Å². The number of amides is 1. The van der Waals surface area contributed by atoms with Crippen LogP contribution in [0.5, 0.6) is 0 Å². The van der Waals surface area contributed by atoms with Gasteiger partial charge in [-0.25, -0.2) is 5.01 Å². The number of carbonyl (C=O) groups is 1. The van der Waals surface area contributed by atoms with Crippen molar-refractivity contribution in [2.24, 2.45) is 5.10 Å². The number of hydrogen-bond donors (Lipinski definition) is 0. The zero-order chi connectivity index (χ0) is 21.3. The van der Waals surface area contributed by atoms with Gasteiger partial charge in [0.05, 0.1) is 17.3 Å². The van der Waals surface area contributed by atoms with Gasteiger partial charge >= 0.3 is 0 Å². The molecule has 0 radical (unpaired) electrons. The van der Waals surface area contributed by atoms with Crippen LogP contribution in [0.2, 0.25) is 0 Å². The van der Waals surface area contributed by atoms with Gasteiger partial charge in [-0.05, 0) is 49.7 Å². The highest BCUT2D eigenvalue weighted by molar-refractivity contribution is 7.27. The Bertz CT molecular complexity index is 1130. The average Bonchev–Trinajstić information content (AvgIpc) is 3.32. The smallest absolute Gasteiger partial charge is 0.268 e. The second-order valence-corrected chi connectivity index (χ2v) is 8.58. The number of nitrogens with zero attached hydrogens (tertiary/aromatic N) is 4. The molecule has 0 spiro atoms. The molecule has 0 N–H and O–H groups in total. The van der Waals surface area contributed by atoms with Crippen LogP contribution in [0.3, 0.4) is 0 Å². The highest BCUT2D eigenvalue weighted by Crippen LogP contribution is 2.30. The van der Waals surface area contributed by atoms with Crippen LogP contribution < -0.4 is 5.30 Å². The minimum atomic E-state index is -0.0953. The minimum absolute atomic E-state index is 0.0637. The molecular formula is C24H27N4OP. The van der Waals surface area contributed by atoms with Crippen molar-refractivity contribution in [3.63, 3.8) is 0 Å². The Balaban J connectivity index is 1.40. The maximum atomic E-state index is 13.0. The first kappa shape index (κ1) is 20.5. The molecule has 2 aromatic carbocycles. The largest absolute Gasteiger partial charge is 0.269 e. The summed E-state index contributed by atoms with van der Waals surface area (Å²) >= 11 is 0. The lowest BCUT2D eigenvalue weighted by atomic mass is 10.0. The molecule has 0 saturated heterocycles. The van der Waals surface area contributed by atoms with E-state index in [0.717, 1.165) is 41.5 Å². The van der Waals surface area contributed by atoms with E-state index in [1.165, 1.54) is 10.9 Å². The van der Waals surface area contributed by atoms with E-state index in [0.29, 0.717) is 12.0 Å². The van der Waals surface area contributed by atoms with Gasteiger partial charge in [0.15, 0.2) is 0 Å². The van der Waals surface area contributed by atoms with Crippen LogP contribution in [0.4, 0.5) is 0 Å². The number of rotatable bonds is 6. The molecular weight excluding hydrogens is 391 g/mol. The summed E-state index contributed by atoms with van der Waals surface area (Å²) in [5.41, 5.74) is 5.03. The summed E-state index contributed by atoms with van der Waals surface area (Å²) in [6.07, 6.45) is 3.97. The highest BCUT2D eigenvalue weighted by atomic mass is 31.0. The molecule has 0 bridgehead atoms. The normalized spacial score (nSPS) is 15.8. The summed E-state index contributed by atoms with van der Waals surface area (Å²) < 4.78 is 2.02. The number of hydrazone groups is 1. The van der Waals surface area contributed by atoms with Crippen molar-refractivity contribution in [2.75, 3.05) is 0 Å². The number of para-hydroxylation sites is 1. The molecule has 0 saturated carbocycles. The third-order valence-electron chi connectivity index (χ3n) is 5.54. The number of hydrogen-bond acceptors (Lipinski definition) is 3. The molecule has 1 amide bonds. The summed E-state index contributed by atoms with van der Waals surface area (Å²) in [6.45, 7) is 8.91. The molecule has 3 aromatic rings. The standard InChI is InChI=1S/C24H27N4OP/c1-16-13-19(15-20(30)14-16)22-10-11-25-28(22)24(29)17(2)7-6-12-27-23-9-5-4-8-21(23)18(3)26-27/h4-5,8-9,11,13-15,22H,2,6-7,10,12,30H2,1,3H3. The second kappa shape index (κ2) is 8.53. The van der Waals surface area contributed by atoms with E-state index in [2.05, 4.69) is 63.3 Å². The summed E-state index contributed by atoms with van der Waals surface area (Å²) in [4.78, 5) is 13.0. The van der Waals surface area contributed by atoms with Crippen molar-refractivity contribution in [3.8, 4) is 0 Å². The molecule has 1 aliphatic heterocycles. The van der Waals surface area contributed by atoms with Gasteiger partial charge in [0, 0.05) is 30.1 Å². The lowest BCUT2D eigenvalue weighted by Crippen LogP contribution is -2.28. The first-order valence-electron chi connectivity index (χ1n) is 10.3. The Labute approximate surface area is 179 Å². The van der Waals surface area contributed by atoms with Gasteiger partial charge in [-0.2, -0.15) is 10.2 Å². The zero-order valence-electron chi connectivity index (χ0n) is 17.5. The molecule has 5 nitrogen and oxygen atoms in total. The number of aryl methyl sites for hydroxylation is 3. The third-order valence-corrected chi connectivity index (χ3v) is 5.87. The van der Waals surface area contributed by atoms with E-state index in [4.69, 9.17) is 0 Å². The molecule has 2 heterocycles. The predicted octanol–water partition coefficient (Wildman–Crippen LogP) is 4.45. The lowest BCUT2D eigenvalue weighted by molar-refractivity contribution is -0.129. The lowest BCUT2D eigenvalue weighted by Gasteiger charge is -2.23. The average molecular weight is 418 g/mol. The first-order chi connectivity index (χ1) is 14.4. The van der Waals surface area contributed by atoms with Crippen LogP contribution in [-0.4, -0.2) is 26.9 Å². The number of benzene rings is 2. The minimum Gasteiger partial charge on any atom is -0.268 e. The maximum Gasteiger partial charge on any atom is 0.269 e. The molecule has 0 aliphatic carbocycles. The van der Waals surface area contributed by atoms with Gasteiger partial charge in [-0.15, -0.1) is 9.24 Å². The fourth-order valence-corrected chi connectivity index (χ4v) is 4.55. The van der Waals surface area contributed by atoms with Crippen LogP contribution in [-0.2, 0) is 11.3 Å². The first-order valence-corrected chi connectivity index (χ1v) is 10.8. The predicted molar refractivity (Wildman–Crippen MR) is 126 cm³/mol. The SMILES string of the molecule is C=C(CCCn1nc(C)c2ccccc21)C(=O)N1N=CCC1c1cc(C)cc(P)c1. The van der Waals surface area contributed by atoms with Crippen LogP contribution in [0.1, 0.15) is 42.1 Å². The van der Waals surface area contributed by atoms with Crippen LogP contribution in [0.15, 0.2) is 59.7 Å². The zero-order valence-corrected chi connectivity index (χ0v) is 18.7. The fourth-order valence-electron chi connectivity index (χ4n) is 4.10. The molecule has 0 fully saturated rings. The second-order valence-electron chi connectivity index (χ2n) is 7.91. The van der Waals surface area contributed by atoms with E-state index in [9.17, 15) is 4.79 Å². The van der Waals surface area contributed by atoms with E-state index < -0.39 is 0 Å². The molecule has 154 valence electrons. The summed E-state index contributed by atoms with van der Waals surface area (Å²) in [5, 5.41) is 12.9. The maximum absolute atomic E-state index is 13.0. The molecule has 2 atom stereocenters. The van der Waals surface area contributed by atoms with Crippen molar-refractivity contribution in [2.45, 2.75) is 45.7 Å². The molecule has 30 heavy (non-hydrogen) atoms. The molecule has 6 heteroatoms. The molecule has 2 unspecified atom stereocenters. The van der Waals surface area contributed by atoms with Crippen molar-refractivity contribution < 1.29 is 4.79 Å². The Morgan fingerprint density at radius 3 is 2.83 bits per heavy atom. The number of aromatic nitrogens is 2. The van der Waals surface area contributed by atoms with E-state index in [1.807, 2.05) is 30.0 Å². The van der Waals surface area contributed by atoms with Gasteiger partial charge < -0.3 is 0 Å². The van der Waals surface area contributed by atoms with Crippen LogP contribution in [0, 0.1) is 13.8 Å². The Kier molecular flexibility index (Phi) is 5.83. The summed E-state index contributed by atoms with van der Waals surface area (Å²) in [6, 6.07) is 14.5. The summed E-state index contributed by atoms with van der Waals surface area (Å²) in [5.74, 6) is -0.0953. The van der Waals surface area contributed by atoms with E-state index in [1.54, 1.807) is 5.01 Å². The van der Waals surface area contributed by atoms with Gasteiger partial charge in [-0.1, -0.05) is 42.5 Å². The highest BCUT2D eigenvalue weighted by Gasteiger charge is 2.29. The molecule has 1 aliphatic rings. The Morgan fingerprint density at radius 2 is 2.03 bits per heavy atom. The van der Waals surface area contributed by atoms with Crippen molar-refractivity contribution in [1.29, 1.82) is 0 Å². The molecule has 1 aromatic heterocycles. The van der Waals surface area contributed by atoms with Gasteiger partial charge in [0.1, 0.15) is 0 Å². The van der Waals surface area contributed by atoms with Crippen LogP contribution >= 0.6 is 9.24 Å². The summed E-state index contributed by atoms with van der Waals surface area (Å²) in [7, 11) is 2.73. The fraction of sp³-hybridized carbons (Fsp3) is 0.292. The van der Waals surface area contributed by atoms with E-state index >= 15 is 0 Å². The van der Waals surface area contributed by atoms with Gasteiger partial charge in [0.25, 0.3) is 5.91 Å². The van der Waals surface area contributed by atoms with Gasteiger partial charge in [0.2, 0.25) is 0 Å². The van der Waals surface area contributed by atoms with Crippen LogP contribution in [0.25, 0.3) is 10.9 Å². The Hall–Kier alpha value is -2.78. The quantitative estimate of drug-likeness (QED) is 0.439. The van der Waals surface area contributed by atoms with Gasteiger partial charge in [-0.3, -0.25) is 9.48 Å². The van der Waals surface area contributed by atoms with Crippen molar-refractivity contribution in [1.82, 2.24) is 14.8 Å². The number of fused-ring (bicyclic) bond motifs is 1. The number of carbonyl (C=O) groups excluding carboxylic acids is 1. The van der Waals surface area contributed by atoms with Crippen molar-refractivity contribution >= 4 is 37.6 Å². The molecule has 4 rings (SSSR count). The Morgan fingerprint density at radius 1 is 1.23 bits per heavy atom. The topological polar surface area (TPSA) is 50.5 Å². The van der Waals surface area contributed by atoms with Crippen molar-refractivity contribution in [3.05, 3.63) is 71.4 Å². The monoisotopic (exact) mass is 418 g/mol.